The van der Waals surface area contributed by atoms with Crippen molar-refractivity contribution in [3.63, 3.8) is 0 Å². The molecule has 0 saturated carbocycles. The van der Waals surface area contributed by atoms with E-state index in [-0.39, 0.29) is 17.5 Å². The molecule has 0 spiro atoms. The Balaban J connectivity index is 1.98. The van der Waals surface area contributed by atoms with Crippen molar-refractivity contribution >= 4 is 21.6 Å². The van der Waals surface area contributed by atoms with E-state index in [1.165, 1.54) is 0 Å². The molecule has 1 aliphatic heterocycles. The van der Waals surface area contributed by atoms with Crippen LogP contribution in [-0.2, 0) is 9.84 Å². The van der Waals surface area contributed by atoms with Crippen LogP contribution in [0.2, 0.25) is 0 Å². The van der Waals surface area contributed by atoms with Gasteiger partial charge in [0.2, 0.25) is 5.95 Å². The first-order chi connectivity index (χ1) is 12.9. The van der Waals surface area contributed by atoms with Crippen molar-refractivity contribution in [3.8, 4) is 11.3 Å². The van der Waals surface area contributed by atoms with Crippen LogP contribution in [0.3, 0.4) is 0 Å². The van der Waals surface area contributed by atoms with E-state index in [2.05, 4.69) is 29.0 Å². The first-order valence-electron chi connectivity index (χ1n) is 9.53. The molecule has 3 rings (SSSR count). The van der Waals surface area contributed by atoms with Crippen molar-refractivity contribution in [2.75, 3.05) is 34.8 Å². The van der Waals surface area contributed by atoms with Crippen LogP contribution in [-0.4, -0.2) is 49.0 Å². The third-order valence-electron chi connectivity index (χ3n) is 4.73. The number of aromatic nitrogens is 2. The summed E-state index contributed by atoms with van der Waals surface area (Å²) < 4.78 is 23.9. The van der Waals surface area contributed by atoms with Crippen molar-refractivity contribution in [3.05, 3.63) is 36.4 Å². The SMILES string of the molecule is CCN(c1cc(-c2ccccc2)nc(NCC(C)C)n1)C1CCS(=O)(=O)C1. The van der Waals surface area contributed by atoms with Crippen LogP contribution < -0.4 is 10.2 Å². The zero-order valence-electron chi connectivity index (χ0n) is 16.2. The Morgan fingerprint density at radius 3 is 2.56 bits per heavy atom. The number of nitrogens with one attached hydrogen (secondary N) is 1. The fraction of sp³-hybridized carbons (Fsp3) is 0.500. The van der Waals surface area contributed by atoms with Crippen LogP contribution in [0.1, 0.15) is 27.2 Å². The summed E-state index contributed by atoms with van der Waals surface area (Å²) in [7, 11) is -2.95. The molecule has 1 aromatic heterocycles. The van der Waals surface area contributed by atoms with Gasteiger partial charge in [-0.2, -0.15) is 4.98 Å². The first kappa shape index (κ1) is 19.6. The second kappa shape index (κ2) is 8.25. The Hall–Kier alpha value is -2.15. The molecule has 1 atom stereocenters. The monoisotopic (exact) mass is 388 g/mol. The van der Waals surface area contributed by atoms with Crippen LogP contribution in [0.5, 0.6) is 0 Å². The molecule has 0 aliphatic carbocycles. The molecule has 2 heterocycles. The molecule has 27 heavy (non-hydrogen) atoms. The highest BCUT2D eigenvalue weighted by Crippen LogP contribution is 2.27. The summed E-state index contributed by atoms with van der Waals surface area (Å²) in [5.41, 5.74) is 1.86. The second-order valence-corrected chi connectivity index (χ2v) is 9.65. The maximum absolute atomic E-state index is 12.0. The number of hydrogen-bond donors (Lipinski definition) is 1. The third-order valence-corrected chi connectivity index (χ3v) is 6.49. The van der Waals surface area contributed by atoms with E-state index in [1.807, 2.05) is 43.3 Å². The summed E-state index contributed by atoms with van der Waals surface area (Å²) in [4.78, 5) is 11.5. The summed E-state index contributed by atoms with van der Waals surface area (Å²) in [6.45, 7) is 7.79. The van der Waals surface area contributed by atoms with E-state index in [4.69, 9.17) is 4.98 Å². The summed E-state index contributed by atoms with van der Waals surface area (Å²) >= 11 is 0. The van der Waals surface area contributed by atoms with Gasteiger partial charge in [-0.25, -0.2) is 13.4 Å². The Morgan fingerprint density at radius 2 is 1.96 bits per heavy atom. The number of hydrogen-bond acceptors (Lipinski definition) is 6. The minimum atomic E-state index is -2.95. The molecule has 6 nitrogen and oxygen atoms in total. The van der Waals surface area contributed by atoms with Gasteiger partial charge in [-0.05, 0) is 19.3 Å². The summed E-state index contributed by atoms with van der Waals surface area (Å²) in [6.07, 6.45) is 0.648. The van der Waals surface area contributed by atoms with Crippen molar-refractivity contribution in [2.45, 2.75) is 33.2 Å². The predicted octanol–water partition coefficient (Wildman–Crippen LogP) is 3.22. The second-order valence-electron chi connectivity index (χ2n) is 7.42. The van der Waals surface area contributed by atoms with Crippen molar-refractivity contribution in [1.82, 2.24) is 9.97 Å². The molecule has 1 unspecified atom stereocenters. The number of nitrogens with zero attached hydrogens (tertiary/aromatic N) is 3. The lowest BCUT2D eigenvalue weighted by Crippen LogP contribution is -2.37. The van der Waals surface area contributed by atoms with Gasteiger partial charge in [-0.15, -0.1) is 0 Å². The molecule has 146 valence electrons. The standard InChI is InChI=1S/C20H28N4O2S/c1-4-24(17-10-11-27(25,26)14-17)19-12-18(16-8-6-5-7-9-16)22-20(23-19)21-13-15(2)3/h5-9,12,15,17H,4,10-11,13-14H2,1-3H3,(H,21,22,23). The lowest BCUT2D eigenvalue weighted by molar-refractivity contribution is 0.599. The molecule has 1 aliphatic rings. The molecule has 1 saturated heterocycles. The van der Waals surface area contributed by atoms with E-state index in [1.54, 1.807) is 0 Å². The molecule has 2 aromatic rings. The third kappa shape index (κ3) is 4.97. The van der Waals surface area contributed by atoms with E-state index in [9.17, 15) is 8.42 Å². The molecular formula is C20H28N4O2S. The van der Waals surface area contributed by atoms with E-state index in [0.29, 0.717) is 24.8 Å². The van der Waals surface area contributed by atoms with Crippen LogP contribution in [0, 0.1) is 5.92 Å². The largest absolute Gasteiger partial charge is 0.354 e. The summed E-state index contributed by atoms with van der Waals surface area (Å²) in [6, 6.07) is 11.9. The summed E-state index contributed by atoms with van der Waals surface area (Å²) in [5.74, 6) is 2.28. The molecular weight excluding hydrogens is 360 g/mol. The molecule has 7 heteroatoms. The van der Waals surface area contributed by atoms with Gasteiger partial charge < -0.3 is 10.2 Å². The normalized spacial score (nSPS) is 18.6. The Labute approximate surface area is 162 Å². The topological polar surface area (TPSA) is 75.2 Å². The van der Waals surface area contributed by atoms with E-state index < -0.39 is 9.84 Å². The molecule has 1 N–H and O–H groups in total. The molecule has 0 bridgehead atoms. The zero-order chi connectivity index (χ0) is 19.4. The lowest BCUT2D eigenvalue weighted by atomic mass is 10.1. The average Bonchev–Trinajstić information content (AvgIpc) is 3.01. The number of sulfone groups is 1. The predicted molar refractivity (Wildman–Crippen MR) is 111 cm³/mol. The Bertz CT molecular complexity index is 869. The number of benzene rings is 1. The highest BCUT2D eigenvalue weighted by Gasteiger charge is 2.32. The average molecular weight is 389 g/mol. The van der Waals surface area contributed by atoms with Gasteiger partial charge in [-0.3, -0.25) is 0 Å². The van der Waals surface area contributed by atoms with Gasteiger partial charge in [0.15, 0.2) is 9.84 Å². The van der Waals surface area contributed by atoms with Gasteiger partial charge >= 0.3 is 0 Å². The van der Waals surface area contributed by atoms with Gasteiger partial charge in [0.1, 0.15) is 5.82 Å². The van der Waals surface area contributed by atoms with Crippen LogP contribution in [0.25, 0.3) is 11.3 Å². The smallest absolute Gasteiger partial charge is 0.225 e. The van der Waals surface area contributed by atoms with Gasteiger partial charge in [0, 0.05) is 30.8 Å². The molecule has 0 radical (unpaired) electrons. The quantitative estimate of drug-likeness (QED) is 0.785. The van der Waals surface area contributed by atoms with Crippen molar-refractivity contribution in [1.29, 1.82) is 0 Å². The molecule has 0 amide bonds. The first-order valence-corrected chi connectivity index (χ1v) is 11.4. The lowest BCUT2D eigenvalue weighted by Gasteiger charge is -2.28. The van der Waals surface area contributed by atoms with Gasteiger partial charge in [-0.1, -0.05) is 44.2 Å². The Kier molecular flexibility index (Phi) is 5.99. The fourth-order valence-electron chi connectivity index (χ4n) is 3.34. The van der Waals surface area contributed by atoms with E-state index in [0.717, 1.165) is 23.6 Å². The highest BCUT2D eigenvalue weighted by molar-refractivity contribution is 7.91. The zero-order valence-corrected chi connectivity index (χ0v) is 17.0. The minimum Gasteiger partial charge on any atom is -0.354 e. The van der Waals surface area contributed by atoms with Crippen LogP contribution in [0.4, 0.5) is 11.8 Å². The maximum Gasteiger partial charge on any atom is 0.225 e. The van der Waals surface area contributed by atoms with Gasteiger partial charge in [0.05, 0.1) is 17.2 Å². The van der Waals surface area contributed by atoms with Crippen LogP contribution in [0.15, 0.2) is 36.4 Å². The maximum atomic E-state index is 12.0. The summed E-state index contributed by atoms with van der Waals surface area (Å²) in [5, 5.41) is 3.31. The highest BCUT2D eigenvalue weighted by atomic mass is 32.2. The van der Waals surface area contributed by atoms with Gasteiger partial charge in [0.25, 0.3) is 0 Å². The molecule has 1 aromatic carbocycles. The molecule has 1 fully saturated rings. The number of rotatable bonds is 7. The van der Waals surface area contributed by atoms with Crippen molar-refractivity contribution in [2.24, 2.45) is 5.92 Å². The van der Waals surface area contributed by atoms with Crippen molar-refractivity contribution < 1.29 is 8.42 Å². The van der Waals surface area contributed by atoms with Crippen LogP contribution >= 0.6 is 0 Å². The van der Waals surface area contributed by atoms with E-state index >= 15 is 0 Å². The number of anilines is 2. The Morgan fingerprint density at radius 1 is 1.22 bits per heavy atom. The minimum absolute atomic E-state index is 0.0310. The fourth-order valence-corrected chi connectivity index (χ4v) is 5.07.